The van der Waals surface area contributed by atoms with Crippen molar-refractivity contribution in [2.24, 2.45) is 0 Å². The highest BCUT2D eigenvalue weighted by Gasteiger charge is 2.25. The fourth-order valence-corrected chi connectivity index (χ4v) is 2.02. The molecule has 1 amide bonds. The lowest BCUT2D eigenvalue weighted by molar-refractivity contribution is 0.0954. The molecule has 4 nitrogen and oxygen atoms in total. The van der Waals surface area contributed by atoms with Crippen LogP contribution < -0.4 is 10.6 Å². The van der Waals surface area contributed by atoms with E-state index in [0.29, 0.717) is 6.04 Å². The maximum absolute atomic E-state index is 11.7. The van der Waals surface area contributed by atoms with E-state index in [0.717, 1.165) is 28.5 Å². The van der Waals surface area contributed by atoms with Gasteiger partial charge in [-0.3, -0.25) is 4.79 Å². The van der Waals surface area contributed by atoms with Gasteiger partial charge in [0.1, 0.15) is 4.88 Å². The zero-order valence-corrected chi connectivity index (χ0v) is 9.07. The van der Waals surface area contributed by atoms with E-state index in [1.165, 1.54) is 11.3 Å². The van der Waals surface area contributed by atoms with Crippen molar-refractivity contribution in [1.82, 2.24) is 10.3 Å². The summed E-state index contributed by atoms with van der Waals surface area (Å²) in [5, 5.41) is 6.69. The summed E-state index contributed by atoms with van der Waals surface area (Å²) in [6.45, 7) is 1.86. The molecule has 1 fully saturated rings. The number of amides is 1. The van der Waals surface area contributed by atoms with Crippen molar-refractivity contribution >= 4 is 22.4 Å². The molecule has 0 aromatic carbocycles. The molecule has 76 valence electrons. The molecule has 0 spiro atoms. The Labute approximate surface area is 86.7 Å². The van der Waals surface area contributed by atoms with Crippen LogP contribution in [0.3, 0.4) is 0 Å². The first-order chi connectivity index (χ1) is 6.70. The van der Waals surface area contributed by atoms with Gasteiger partial charge in [-0.1, -0.05) is 11.3 Å². The van der Waals surface area contributed by atoms with E-state index in [1.807, 2.05) is 6.92 Å². The van der Waals surface area contributed by atoms with Crippen molar-refractivity contribution in [2.45, 2.75) is 25.8 Å². The predicted molar refractivity (Wildman–Crippen MR) is 56.9 cm³/mol. The molecule has 1 saturated carbocycles. The number of carbonyl (C=O) groups excluding carboxylic acids is 1. The molecule has 0 bridgehead atoms. The highest BCUT2D eigenvalue weighted by Crippen LogP contribution is 2.24. The molecule has 5 heteroatoms. The summed E-state index contributed by atoms with van der Waals surface area (Å²) in [7, 11) is 1.81. The predicted octanol–water partition coefficient (Wildman–Crippen LogP) is 1.39. The first-order valence-electron chi connectivity index (χ1n) is 4.66. The summed E-state index contributed by atoms with van der Waals surface area (Å²) in [6.07, 6.45) is 2.23. The number of thiazole rings is 1. The molecule has 0 radical (unpaired) electrons. The Morgan fingerprint density at radius 3 is 2.79 bits per heavy atom. The topological polar surface area (TPSA) is 54.0 Å². The smallest absolute Gasteiger partial charge is 0.263 e. The second kappa shape index (κ2) is 3.57. The van der Waals surface area contributed by atoms with E-state index >= 15 is 0 Å². The third kappa shape index (κ3) is 1.87. The number of nitrogens with zero attached hydrogens (tertiary/aromatic N) is 1. The van der Waals surface area contributed by atoms with E-state index < -0.39 is 0 Å². The Kier molecular flexibility index (Phi) is 2.41. The molecule has 1 aromatic heterocycles. The third-order valence-corrected chi connectivity index (χ3v) is 3.30. The number of aromatic nitrogens is 1. The molecular formula is C9H13N3OS. The lowest BCUT2D eigenvalue weighted by Gasteiger charge is -1.99. The SMILES string of the molecule is CNc1nc(C)c(C(=O)NC2CC2)s1. The molecule has 2 N–H and O–H groups in total. The van der Waals surface area contributed by atoms with Gasteiger partial charge in [-0.15, -0.1) is 0 Å². The van der Waals surface area contributed by atoms with Crippen LogP contribution in [0.4, 0.5) is 5.13 Å². The van der Waals surface area contributed by atoms with Gasteiger partial charge in [0.05, 0.1) is 5.69 Å². The second-order valence-corrected chi connectivity index (χ2v) is 4.43. The van der Waals surface area contributed by atoms with Crippen molar-refractivity contribution in [3.05, 3.63) is 10.6 Å². The van der Waals surface area contributed by atoms with Crippen molar-refractivity contribution in [2.75, 3.05) is 12.4 Å². The highest BCUT2D eigenvalue weighted by atomic mass is 32.1. The molecular weight excluding hydrogens is 198 g/mol. The Bertz CT molecular complexity index is 357. The monoisotopic (exact) mass is 211 g/mol. The van der Waals surface area contributed by atoms with Crippen molar-refractivity contribution < 1.29 is 4.79 Å². The molecule has 14 heavy (non-hydrogen) atoms. The Morgan fingerprint density at radius 2 is 2.29 bits per heavy atom. The van der Waals surface area contributed by atoms with Crippen LogP contribution in [0.2, 0.25) is 0 Å². The number of hydrogen-bond acceptors (Lipinski definition) is 4. The van der Waals surface area contributed by atoms with Gasteiger partial charge in [-0.25, -0.2) is 4.98 Å². The number of rotatable bonds is 3. The van der Waals surface area contributed by atoms with Crippen LogP contribution in [-0.2, 0) is 0 Å². The van der Waals surface area contributed by atoms with Crippen LogP contribution >= 0.6 is 11.3 Å². The molecule has 1 aliphatic carbocycles. The van der Waals surface area contributed by atoms with Gasteiger partial charge >= 0.3 is 0 Å². The molecule has 0 aliphatic heterocycles. The molecule has 0 unspecified atom stereocenters. The van der Waals surface area contributed by atoms with Crippen LogP contribution in [0.15, 0.2) is 0 Å². The fraction of sp³-hybridized carbons (Fsp3) is 0.556. The summed E-state index contributed by atoms with van der Waals surface area (Å²) < 4.78 is 0. The van der Waals surface area contributed by atoms with E-state index in [9.17, 15) is 4.79 Å². The van der Waals surface area contributed by atoms with E-state index in [2.05, 4.69) is 15.6 Å². The van der Waals surface area contributed by atoms with Crippen LogP contribution in [0.5, 0.6) is 0 Å². The van der Waals surface area contributed by atoms with E-state index in [-0.39, 0.29) is 5.91 Å². The first-order valence-corrected chi connectivity index (χ1v) is 5.48. The first kappa shape index (κ1) is 9.45. The lowest BCUT2D eigenvalue weighted by atomic mass is 10.4. The second-order valence-electron chi connectivity index (χ2n) is 3.43. The zero-order chi connectivity index (χ0) is 10.1. The normalized spacial score (nSPS) is 15.3. The third-order valence-electron chi connectivity index (χ3n) is 2.13. The molecule has 0 atom stereocenters. The number of nitrogens with one attached hydrogen (secondary N) is 2. The minimum atomic E-state index is 0.0176. The molecule has 1 heterocycles. The number of aryl methyl sites for hydroxylation is 1. The van der Waals surface area contributed by atoms with Gasteiger partial charge in [-0.05, 0) is 19.8 Å². The fourth-order valence-electron chi connectivity index (χ4n) is 1.19. The van der Waals surface area contributed by atoms with E-state index in [1.54, 1.807) is 7.05 Å². The summed E-state index contributed by atoms with van der Waals surface area (Å²) >= 11 is 1.40. The van der Waals surface area contributed by atoms with Gasteiger partial charge in [-0.2, -0.15) is 0 Å². The van der Waals surface area contributed by atoms with Crippen LogP contribution in [0, 0.1) is 6.92 Å². The standard InChI is InChI=1S/C9H13N3OS/c1-5-7(14-9(10-2)11-5)8(13)12-6-3-4-6/h6H,3-4H2,1-2H3,(H,10,11)(H,12,13). The Balaban J connectivity index is 2.12. The van der Waals surface area contributed by atoms with Crippen molar-refractivity contribution in [3.8, 4) is 0 Å². The maximum Gasteiger partial charge on any atom is 0.263 e. The number of hydrogen-bond donors (Lipinski definition) is 2. The van der Waals surface area contributed by atoms with Crippen LogP contribution in [0.1, 0.15) is 28.2 Å². The van der Waals surface area contributed by atoms with Crippen LogP contribution in [0.25, 0.3) is 0 Å². The summed E-state index contributed by atoms with van der Waals surface area (Å²) in [6, 6.07) is 0.405. The van der Waals surface area contributed by atoms with Gasteiger partial charge in [0.15, 0.2) is 5.13 Å². The number of carbonyl (C=O) groups is 1. The van der Waals surface area contributed by atoms with Gasteiger partial charge in [0, 0.05) is 13.1 Å². The van der Waals surface area contributed by atoms with Crippen molar-refractivity contribution in [3.63, 3.8) is 0 Å². The minimum Gasteiger partial charge on any atom is -0.365 e. The summed E-state index contributed by atoms with van der Waals surface area (Å²) in [5.41, 5.74) is 0.803. The highest BCUT2D eigenvalue weighted by molar-refractivity contribution is 7.17. The molecule has 1 aromatic rings. The Morgan fingerprint density at radius 1 is 1.57 bits per heavy atom. The maximum atomic E-state index is 11.7. The summed E-state index contributed by atoms with van der Waals surface area (Å²) in [4.78, 5) is 16.6. The molecule has 0 saturated heterocycles. The van der Waals surface area contributed by atoms with Gasteiger partial charge in [0.25, 0.3) is 5.91 Å². The van der Waals surface area contributed by atoms with Gasteiger partial charge in [0.2, 0.25) is 0 Å². The number of anilines is 1. The summed E-state index contributed by atoms with van der Waals surface area (Å²) in [5.74, 6) is 0.0176. The zero-order valence-electron chi connectivity index (χ0n) is 8.26. The average molecular weight is 211 g/mol. The van der Waals surface area contributed by atoms with E-state index in [4.69, 9.17) is 0 Å². The Hall–Kier alpha value is -1.10. The molecule has 2 rings (SSSR count). The molecule has 1 aliphatic rings. The van der Waals surface area contributed by atoms with Gasteiger partial charge < -0.3 is 10.6 Å². The lowest BCUT2D eigenvalue weighted by Crippen LogP contribution is -2.25. The minimum absolute atomic E-state index is 0.0176. The van der Waals surface area contributed by atoms with Crippen molar-refractivity contribution in [1.29, 1.82) is 0 Å². The average Bonchev–Trinajstić information content (AvgIpc) is 2.87. The quantitative estimate of drug-likeness (QED) is 0.794. The largest absolute Gasteiger partial charge is 0.365 e. The van der Waals surface area contributed by atoms with Crippen LogP contribution in [-0.4, -0.2) is 24.0 Å².